The van der Waals surface area contributed by atoms with Crippen molar-refractivity contribution in [2.75, 3.05) is 11.5 Å². The van der Waals surface area contributed by atoms with E-state index in [2.05, 4.69) is 26.0 Å². The molecule has 1 aromatic heterocycles. The molecule has 3 aromatic rings. The van der Waals surface area contributed by atoms with Crippen LogP contribution < -0.4 is 38.2 Å². The van der Waals surface area contributed by atoms with Crippen LogP contribution in [-0.4, -0.2) is 12.5 Å². The fraction of sp³-hybridized carbons (Fsp3) is 0.455. The molecule has 38 heavy (non-hydrogen) atoms. The van der Waals surface area contributed by atoms with Gasteiger partial charge in [0, 0.05) is 17.8 Å². The average Bonchev–Trinajstić information content (AvgIpc) is 2.91. The Morgan fingerprint density at radius 3 is 2.08 bits per heavy atom. The Labute approximate surface area is 247 Å². The number of aryl methyl sites for hydroxylation is 2. The van der Waals surface area contributed by atoms with Gasteiger partial charge >= 0.3 is 5.91 Å². The smallest absolute Gasteiger partial charge is 0.323 e. The molecule has 4 nitrogen and oxygen atoms in total. The number of rotatable bonds is 16. The van der Waals surface area contributed by atoms with Gasteiger partial charge in [0.25, 0.3) is 5.69 Å². The van der Waals surface area contributed by atoms with Gasteiger partial charge in [0.15, 0.2) is 6.20 Å². The van der Waals surface area contributed by atoms with E-state index in [-0.39, 0.29) is 29.9 Å². The second-order valence-corrected chi connectivity index (χ2v) is 10.0. The summed E-state index contributed by atoms with van der Waals surface area (Å²) in [7, 11) is 1.91. The normalized spacial score (nSPS) is 10.6. The molecule has 5 heteroatoms. The van der Waals surface area contributed by atoms with Gasteiger partial charge in [-0.15, -0.1) is 0 Å². The number of ether oxygens (including phenoxy) is 1. The summed E-state index contributed by atoms with van der Waals surface area (Å²) < 4.78 is 7.92. The van der Waals surface area contributed by atoms with Crippen molar-refractivity contribution in [2.45, 2.75) is 84.6 Å². The van der Waals surface area contributed by atoms with Gasteiger partial charge in [0.2, 0.25) is 0 Å². The van der Waals surface area contributed by atoms with Crippen LogP contribution in [0.1, 0.15) is 92.7 Å². The van der Waals surface area contributed by atoms with Gasteiger partial charge in [-0.05, 0) is 54.8 Å². The molecule has 3 rings (SSSR count). The Balaban J connectivity index is 0.00000507. The van der Waals surface area contributed by atoms with Crippen molar-refractivity contribution in [3.63, 3.8) is 0 Å². The van der Waals surface area contributed by atoms with Crippen molar-refractivity contribution in [3.05, 3.63) is 89.7 Å². The number of benzene rings is 2. The summed E-state index contributed by atoms with van der Waals surface area (Å²) in [6, 6.07) is 21.8. The monoisotopic (exact) mass is 628 g/mol. The van der Waals surface area contributed by atoms with Gasteiger partial charge in [-0.2, -0.15) is 4.57 Å². The summed E-state index contributed by atoms with van der Waals surface area (Å²) in [5, 5.41) is 0. The molecule has 0 aliphatic heterocycles. The van der Waals surface area contributed by atoms with E-state index >= 15 is 0 Å². The quantitative estimate of drug-likeness (QED) is 0.128. The fourth-order valence-electron chi connectivity index (χ4n) is 4.66. The largest absolute Gasteiger partial charge is 1.00 e. The van der Waals surface area contributed by atoms with Crippen molar-refractivity contribution >= 4 is 11.6 Å². The number of carbonyl (C=O) groups is 1. The Morgan fingerprint density at radius 2 is 1.45 bits per heavy atom. The zero-order valence-corrected chi connectivity index (χ0v) is 25.7. The number of carbonyl (C=O) groups excluding carboxylic acids is 1. The summed E-state index contributed by atoms with van der Waals surface area (Å²) in [4.78, 5) is 15.4. The molecule has 2 aromatic carbocycles. The molecule has 0 saturated carbocycles. The molecule has 0 bridgehead atoms. The van der Waals surface area contributed by atoms with Crippen molar-refractivity contribution in [1.82, 2.24) is 0 Å². The summed E-state index contributed by atoms with van der Waals surface area (Å²) in [5.41, 5.74) is 3.78. The average molecular weight is 629 g/mol. The molecule has 0 unspecified atom stereocenters. The lowest BCUT2D eigenvalue weighted by Crippen LogP contribution is -3.00. The van der Waals surface area contributed by atoms with Crippen LogP contribution in [0.2, 0.25) is 0 Å². The van der Waals surface area contributed by atoms with Crippen LogP contribution in [0.3, 0.4) is 0 Å². The molecule has 1 heterocycles. The Kier molecular flexibility index (Phi) is 15.0. The number of para-hydroxylation sites is 1. The van der Waals surface area contributed by atoms with Crippen LogP contribution >= 0.6 is 0 Å². The van der Waals surface area contributed by atoms with Crippen LogP contribution in [0.15, 0.2) is 72.9 Å². The lowest BCUT2D eigenvalue weighted by Gasteiger charge is -2.23. The van der Waals surface area contributed by atoms with Crippen molar-refractivity contribution in [2.24, 2.45) is 7.05 Å². The first kappa shape index (κ1) is 31.8. The molecule has 0 fully saturated rings. The van der Waals surface area contributed by atoms with E-state index in [9.17, 15) is 4.79 Å². The first-order valence-electron chi connectivity index (χ1n) is 14.1. The highest BCUT2D eigenvalue weighted by Crippen LogP contribution is 2.24. The van der Waals surface area contributed by atoms with Gasteiger partial charge < -0.3 is 28.7 Å². The SMILES string of the molecule is CCCCCCCCCCCCOc1ccc(CN(C(=O)c2cccc[n+]2C)c2ccccc2)c(C)c1.[I-]. The van der Waals surface area contributed by atoms with Gasteiger partial charge in [0.1, 0.15) is 12.8 Å². The zero-order chi connectivity index (χ0) is 26.3. The summed E-state index contributed by atoms with van der Waals surface area (Å²) >= 11 is 0. The molecular weight excluding hydrogens is 583 g/mol. The van der Waals surface area contributed by atoms with Gasteiger partial charge in [-0.3, -0.25) is 9.69 Å². The van der Waals surface area contributed by atoms with Crippen molar-refractivity contribution in [1.29, 1.82) is 0 Å². The Morgan fingerprint density at radius 1 is 0.816 bits per heavy atom. The molecule has 0 aliphatic carbocycles. The lowest BCUT2D eigenvalue weighted by molar-refractivity contribution is -0.673. The molecule has 0 N–H and O–H groups in total. The molecule has 0 saturated heterocycles. The molecule has 0 atom stereocenters. The standard InChI is InChI=1S/C33H45N2O2.HI/c1-4-5-6-7-8-9-10-11-12-18-25-37-31-23-22-29(28(2)26-31)27-35(30-19-14-13-15-20-30)33(36)32-21-16-17-24-34(32)3;/h13-17,19-24,26H,4-12,18,25,27H2,1-3H3;1H/q+1;/p-1. The molecular formula is C33H45IN2O2. The molecule has 0 radical (unpaired) electrons. The number of halogens is 1. The Bertz CT molecular complexity index is 1090. The predicted octanol–water partition coefficient (Wildman–Crippen LogP) is 4.97. The van der Waals surface area contributed by atoms with E-state index < -0.39 is 0 Å². The summed E-state index contributed by atoms with van der Waals surface area (Å²) in [6.45, 7) is 5.63. The number of hydrogen-bond acceptors (Lipinski definition) is 2. The molecule has 0 spiro atoms. The highest BCUT2D eigenvalue weighted by atomic mass is 127. The minimum atomic E-state index is -0.0185. The third-order valence-corrected chi connectivity index (χ3v) is 7.00. The van der Waals surface area contributed by atoms with E-state index in [0.29, 0.717) is 12.2 Å². The highest BCUT2D eigenvalue weighted by molar-refractivity contribution is 6.03. The maximum Gasteiger partial charge on any atom is 0.323 e. The van der Waals surface area contributed by atoms with Crippen molar-refractivity contribution < 1.29 is 38.1 Å². The van der Waals surface area contributed by atoms with Gasteiger partial charge in [-0.25, -0.2) is 0 Å². The van der Waals surface area contributed by atoms with Crippen LogP contribution in [0.5, 0.6) is 5.75 Å². The number of unbranched alkanes of at least 4 members (excludes halogenated alkanes) is 9. The second kappa shape index (κ2) is 18.0. The minimum absolute atomic E-state index is 0. The van der Waals surface area contributed by atoms with Crippen molar-refractivity contribution in [3.8, 4) is 5.75 Å². The second-order valence-electron chi connectivity index (χ2n) is 10.0. The first-order valence-corrected chi connectivity index (χ1v) is 14.1. The maximum absolute atomic E-state index is 13.6. The van der Waals surface area contributed by atoms with Gasteiger partial charge in [-0.1, -0.05) is 89.0 Å². The number of amides is 1. The van der Waals surface area contributed by atoms with E-state index in [0.717, 1.165) is 35.6 Å². The number of nitrogens with zero attached hydrogens (tertiary/aromatic N) is 2. The first-order chi connectivity index (χ1) is 18.1. The van der Waals surface area contributed by atoms with E-state index in [4.69, 9.17) is 4.74 Å². The summed E-state index contributed by atoms with van der Waals surface area (Å²) in [6.07, 6.45) is 15.1. The van der Waals surface area contributed by atoms with Gasteiger partial charge in [0.05, 0.1) is 13.2 Å². The number of hydrogen-bond donors (Lipinski definition) is 0. The fourth-order valence-corrected chi connectivity index (χ4v) is 4.66. The zero-order valence-electron chi connectivity index (χ0n) is 23.5. The van der Waals surface area contributed by atoms with Crippen LogP contribution in [0, 0.1) is 6.92 Å². The third kappa shape index (κ3) is 10.4. The van der Waals surface area contributed by atoms with Crippen LogP contribution in [-0.2, 0) is 13.6 Å². The van der Waals surface area contributed by atoms with E-state index in [1.165, 1.54) is 57.8 Å². The minimum Gasteiger partial charge on any atom is -1.00 e. The maximum atomic E-state index is 13.6. The van der Waals surface area contributed by atoms with E-state index in [1.54, 1.807) is 0 Å². The Hall–Kier alpha value is -2.41. The van der Waals surface area contributed by atoms with Crippen LogP contribution in [0.25, 0.3) is 0 Å². The number of anilines is 1. The lowest BCUT2D eigenvalue weighted by atomic mass is 10.1. The molecule has 1 amide bonds. The number of pyridine rings is 1. The predicted molar refractivity (Wildman–Crippen MR) is 153 cm³/mol. The molecule has 0 aliphatic rings. The van der Waals surface area contributed by atoms with Crippen LogP contribution in [0.4, 0.5) is 5.69 Å². The number of aromatic nitrogens is 1. The third-order valence-electron chi connectivity index (χ3n) is 7.00. The van der Waals surface area contributed by atoms with E-state index in [1.807, 2.05) is 77.3 Å². The highest BCUT2D eigenvalue weighted by Gasteiger charge is 2.25. The topological polar surface area (TPSA) is 33.4 Å². The summed E-state index contributed by atoms with van der Waals surface area (Å²) in [5.74, 6) is 0.888. The molecule has 206 valence electrons.